The van der Waals surface area contributed by atoms with Gasteiger partial charge in [-0.25, -0.2) is 0 Å². The molecule has 1 aliphatic rings. The van der Waals surface area contributed by atoms with E-state index in [1.165, 1.54) is 0 Å². The predicted octanol–water partition coefficient (Wildman–Crippen LogP) is 3.34. The number of furan rings is 1. The zero-order valence-electron chi connectivity index (χ0n) is 14.8. The van der Waals surface area contributed by atoms with Gasteiger partial charge in [-0.15, -0.1) is 0 Å². The van der Waals surface area contributed by atoms with Crippen molar-refractivity contribution in [2.45, 2.75) is 32.7 Å². The van der Waals surface area contributed by atoms with E-state index in [0.29, 0.717) is 43.9 Å². The van der Waals surface area contributed by atoms with Crippen LogP contribution in [-0.4, -0.2) is 29.8 Å². The van der Waals surface area contributed by atoms with Gasteiger partial charge < -0.3 is 14.6 Å². The highest BCUT2D eigenvalue weighted by Gasteiger charge is 2.30. The Labute approximate surface area is 158 Å². The summed E-state index contributed by atoms with van der Waals surface area (Å²) >= 11 is 5.90. The van der Waals surface area contributed by atoms with Gasteiger partial charge in [0.15, 0.2) is 0 Å². The number of nitrogens with one attached hydrogen (secondary N) is 1. The van der Waals surface area contributed by atoms with Crippen molar-refractivity contribution in [2.24, 2.45) is 5.92 Å². The topological polar surface area (TPSA) is 62.6 Å². The van der Waals surface area contributed by atoms with Crippen LogP contribution in [0.1, 0.15) is 29.9 Å². The molecule has 138 valence electrons. The lowest BCUT2D eigenvalue weighted by Crippen LogP contribution is -2.45. The third-order valence-corrected chi connectivity index (χ3v) is 4.88. The highest BCUT2D eigenvalue weighted by atomic mass is 35.5. The van der Waals surface area contributed by atoms with E-state index in [9.17, 15) is 9.59 Å². The van der Waals surface area contributed by atoms with Gasteiger partial charge in [0, 0.05) is 37.5 Å². The SMILES string of the molecule is Cc1ccc(CCNC(=O)C2CCC(=O)N(Cc3ccc(Cl)cc3)C2)o1. The number of aryl methyl sites for hydroxylation is 1. The highest BCUT2D eigenvalue weighted by molar-refractivity contribution is 6.30. The van der Waals surface area contributed by atoms with E-state index in [0.717, 1.165) is 17.1 Å². The van der Waals surface area contributed by atoms with Crippen LogP contribution in [0.2, 0.25) is 5.02 Å². The first-order chi connectivity index (χ1) is 12.5. The van der Waals surface area contributed by atoms with E-state index in [4.69, 9.17) is 16.0 Å². The van der Waals surface area contributed by atoms with Crippen LogP contribution in [0.5, 0.6) is 0 Å². The van der Waals surface area contributed by atoms with Gasteiger partial charge in [0.2, 0.25) is 11.8 Å². The maximum atomic E-state index is 12.4. The van der Waals surface area contributed by atoms with Gasteiger partial charge in [-0.1, -0.05) is 23.7 Å². The number of amides is 2. The van der Waals surface area contributed by atoms with Crippen LogP contribution < -0.4 is 5.32 Å². The zero-order valence-corrected chi connectivity index (χ0v) is 15.6. The molecule has 3 rings (SSSR count). The van der Waals surface area contributed by atoms with Crippen LogP contribution in [0, 0.1) is 12.8 Å². The Morgan fingerprint density at radius 2 is 2.04 bits per heavy atom. The van der Waals surface area contributed by atoms with Gasteiger partial charge in [-0.3, -0.25) is 9.59 Å². The number of hydrogen-bond donors (Lipinski definition) is 1. The number of benzene rings is 1. The van der Waals surface area contributed by atoms with Crippen molar-refractivity contribution < 1.29 is 14.0 Å². The molecule has 0 saturated carbocycles. The molecular weight excluding hydrogens is 352 g/mol. The molecule has 1 N–H and O–H groups in total. The summed E-state index contributed by atoms with van der Waals surface area (Å²) in [5.74, 6) is 1.66. The van der Waals surface area contributed by atoms with Crippen molar-refractivity contribution in [3.63, 3.8) is 0 Å². The number of nitrogens with zero attached hydrogens (tertiary/aromatic N) is 1. The lowest BCUT2D eigenvalue weighted by molar-refractivity contribution is -0.138. The van der Waals surface area contributed by atoms with Crippen LogP contribution in [-0.2, 0) is 22.6 Å². The van der Waals surface area contributed by atoms with E-state index in [-0.39, 0.29) is 17.7 Å². The molecule has 0 aliphatic carbocycles. The normalized spacial score (nSPS) is 17.4. The van der Waals surface area contributed by atoms with Gasteiger partial charge in [0.05, 0.1) is 5.92 Å². The van der Waals surface area contributed by atoms with Crippen LogP contribution in [0.3, 0.4) is 0 Å². The predicted molar refractivity (Wildman–Crippen MR) is 99.8 cm³/mol. The monoisotopic (exact) mass is 374 g/mol. The molecule has 0 bridgehead atoms. The molecule has 1 atom stereocenters. The van der Waals surface area contributed by atoms with Crippen molar-refractivity contribution in [1.82, 2.24) is 10.2 Å². The first-order valence-corrected chi connectivity index (χ1v) is 9.24. The van der Waals surface area contributed by atoms with E-state index in [2.05, 4.69) is 5.32 Å². The van der Waals surface area contributed by atoms with Crippen LogP contribution in [0.15, 0.2) is 40.8 Å². The number of hydrogen-bond acceptors (Lipinski definition) is 3. The number of piperidine rings is 1. The average Bonchev–Trinajstić information content (AvgIpc) is 3.04. The molecule has 0 spiro atoms. The van der Waals surface area contributed by atoms with Crippen molar-refractivity contribution in [3.05, 3.63) is 58.5 Å². The molecule has 0 radical (unpaired) electrons. The second-order valence-electron chi connectivity index (χ2n) is 6.69. The first-order valence-electron chi connectivity index (χ1n) is 8.86. The van der Waals surface area contributed by atoms with Crippen LogP contribution in [0.25, 0.3) is 0 Å². The molecule has 2 amide bonds. The van der Waals surface area contributed by atoms with Gasteiger partial charge in [-0.2, -0.15) is 0 Å². The number of rotatable bonds is 6. The molecule has 1 aromatic carbocycles. The van der Waals surface area contributed by atoms with Gasteiger partial charge in [-0.05, 0) is 43.2 Å². The molecule has 5 nitrogen and oxygen atoms in total. The van der Waals surface area contributed by atoms with Crippen LogP contribution >= 0.6 is 11.6 Å². The maximum Gasteiger partial charge on any atom is 0.224 e. The van der Waals surface area contributed by atoms with Crippen LogP contribution in [0.4, 0.5) is 0 Å². The fraction of sp³-hybridized carbons (Fsp3) is 0.400. The zero-order chi connectivity index (χ0) is 18.5. The lowest BCUT2D eigenvalue weighted by atomic mass is 9.96. The third-order valence-electron chi connectivity index (χ3n) is 4.62. The Morgan fingerprint density at radius 3 is 2.73 bits per heavy atom. The summed E-state index contributed by atoms with van der Waals surface area (Å²) in [4.78, 5) is 26.4. The fourth-order valence-corrected chi connectivity index (χ4v) is 3.29. The fourth-order valence-electron chi connectivity index (χ4n) is 3.16. The molecule has 2 heterocycles. The summed E-state index contributed by atoms with van der Waals surface area (Å²) < 4.78 is 5.50. The summed E-state index contributed by atoms with van der Waals surface area (Å²) in [6, 6.07) is 11.3. The number of carbonyl (C=O) groups excluding carboxylic acids is 2. The van der Waals surface area contributed by atoms with Gasteiger partial charge in [0.25, 0.3) is 0 Å². The van der Waals surface area contributed by atoms with Gasteiger partial charge in [0.1, 0.15) is 11.5 Å². The molecule has 2 aromatic rings. The summed E-state index contributed by atoms with van der Waals surface area (Å²) in [6.07, 6.45) is 1.67. The first kappa shape index (κ1) is 18.5. The smallest absolute Gasteiger partial charge is 0.224 e. The minimum Gasteiger partial charge on any atom is -0.466 e. The molecule has 1 fully saturated rings. The standard InChI is InChI=1S/C20H23ClN2O3/c1-14-2-8-18(26-14)10-11-22-20(25)16-5-9-19(24)23(13-16)12-15-3-6-17(21)7-4-15/h2-4,6-8,16H,5,9-13H2,1H3,(H,22,25). The summed E-state index contributed by atoms with van der Waals surface area (Å²) in [6.45, 7) is 3.39. The Morgan fingerprint density at radius 1 is 1.27 bits per heavy atom. The van der Waals surface area contributed by atoms with Crippen molar-refractivity contribution in [2.75, 3.05) is 13.1 Å². The molecular formula is C20H23ClN2O3. The van der Waals surface area contributed by atoms with E-state index in [1.54, 1.807) is 4.90 Å². The second-order valence-corrected chi connectivity index (χ2v) is 7.13. The second kappa shape index (κ2) is 8.41. The Balaban J connectivity index is 1.50. The van der Waals surface area contributed by atoms with E-state index in [1.807, 2.05) is 43.3 Å². The van der Waals surface area contributed by atoms with E-state index < -0.39 is 0 Å². The third kappa shape index (κ3) is 4.88. The molecule has 1 aliphatic heterocycles. The number of carbonyl (C=O) groups is 2. The number of likely N-dealkylation sites (tertiary alicyclic amines) is 1. The minimum atomic E-state index is -0.168. The Kier molecular flexibility index (Phi) is 5.99. The average molecular weight is 375 g/mol. The minimum absolute atomic E-state index is 0.00174. The van der Waals surface area contributed by atoms with Crippen molar-refractivity contribution >= 4 is 23.4 Å². The van der Waals surface area contributed by atoms with Crippen molar-refractivity contribution in [3.8, 4) is 0 Å². The summed E-state index contributed by atoms with van der Waals surface area (Å²) in [5, 5.41) is 3.63. The largest absolute Gasteiger partial charge is 0.466 e. The lowest BCUT2D eigenvalue weighted by Gasteiger charge is -2.32. The summed E-state index contributed by atoms with van der Waals surface area (Å²) in [5.41, 5.74) is 1.01. The highest BCUT2D eigenvalue weighted by Crippen LogP contribution is 2.21. The van der Waals surface area contributed by atoms with Gasteiger partial charge >= 0.3 is 0 Å². The molecule has 6 heteroatoms. The molecule has 1 unspecified atom stereocenters. The quantitative estimate of drug-likeness (QED) is 0.843. The molecule has 1 saturated heterocycles. The maximum absolute atomic E-state index is 12.4. The number of halogens is 1. The molecule has 26 heavy (non-hydrogen) atoms. The van der Waals surface area contributed by atoms with E-state index >= 15 is 0 Å². The Bertz CT molecular complexity index is 770. The molecule has 1 aromatic heterocycles. The summed E-state index contributed by atoms with van der Waals surface area (Å²) in [7, 11) is 0. The Hall–Kier alpha value is -2.27. The van der Waals surface area contributed by atoms with Crippen molar-refractivity contribution in [1.29, 1.82) is 0 Å².